The maximum absolute atomic E-state index is 5.53. The fraction of sp³-hybridized carbons (Fsp3) is 0.296. The van der Waals surface area contributed by atoms with E-state index in [1.807, 2.05) is 18.3 Å². The third-order valence-corrected chi connectivity index (χ3v) is 6.72. The lowest BCUT2D eigenvalue weighted by Gasteiger charge is -2.34. The second kappa shape index (κ2) is 9.16. The van der Waals surface area contributed by atoms with Crippen molar-refractivity contribution in [1.29, 1.82) is 0 Å². The van der Waals surface area contributed by atoms with E-state index in [0.29, 0.717) is 23.3 Å². The number of nitrogens with one attached hydrogen (secondary N) is 1. The van der Waals surface area contributed by atoms with Crippen LogP contribution in [0.3, 0.4) is 0 Å². The smallest absolute Gasteiger partial charge is 0.164 e. The molecule has 170 valence electrons. The van der Waals surface area contributed by atoms with Gasteiger partial charge in [-0.1, -0.05) is 48.5 Å². The number of hydrogen-bond donors (Lipinski definition) is 1. The van der Waals surface area contributed by atoms with Crippen LogP contribution in [0, 0.1) is 0 Å². The predicted octanol–water partition coefficient (Wildman–Crippen LogP) is 3.02. The molecule has 2 aliphatic rings. The molecule has 6 heteroatoms. The first-order chi connectivity index (χ1) is 16.2. The molecule has 5 rings (SSSR count). The molecule has 0 bridgehead atoms. The van der Waals surface area contributed by atoms with E-state index in [4.69, 9.17) is 19.3 Å². The van der Waals surface area contributed by atoms with Crippen molar-refractivity contribution in [2.75, 3.05) is 47.5 Å². The average Bonchev–Trinajstić information content (AvgIpc) is 3.21. The molecule has 6 nitrogen and oxygen atoms in total. The SMILES string of the molecule is COc1cc(OC)c(OC)cc1/C=N/N1CC[NH+](C2c3ccccc3-c3ccccc32)CC1. The van der Waals surface area contributed by atoms with Crippen molar-refractivity contribution in [3.8, 4) is 28.4 Å². The Labute approximate surface area is 195 Å². The third kappa shape index (κ3) is 3.91. The molecule has 0 radical (unpaired) electrons. The van der Waals surface area contributed by atoms with E-state index in [1.54, 1.807) is 26.2 Å². The summed E-state index contributed by atoms with van der Waals surface area (Å²) in [5.41, 5.74) is 6.52. The van der Waals surface area contributed by atoms with E-state index in [1.165, 1.54) is 22.3 Å². The number of rotatable bonds is 6. The van der Waals surface area contributed by atoms with Crippen LogP contribution in [-0.4, -0.2) is 58.7 Å². The first kappa shape index (κ1) is 21.3. The zero-order valence-corrected chi connectivity index (χ0v) is 19.4. The van der Waals surface area contributed by atoms with Crippen LogP contribution in [0.15, 0.2) is 65.8 Å². The highest BCUT2D eigenvalue weighted by Crippen LogP contribution is 2.41. The fourth-order valence-corrected chi connectivity index (χ4v) is 5.08. The van der Waals surface area contributed by atoms with Gasteiger partial charge in [-0.15, -0.1) is 0 Å². The number of benzene rings is 3. The summed E-state index contributed by atoms with van der Waals surface area (Å²) in [7, 11) is 4.90. The van der Waals surface area contributed by atoms with Gasteiger partial charge in [-0.05, 0) is 17.2 Å². The molecule has 3 aromatic rings. The Morgan fingerprint density at radius 1 is 0.788 bits per heavy atom. The zero-order valence-electron chi connectivity index (χ0n) is 19.4. The van der Waals surface area contributed by atoms with Crippen LogP contribution < -0.4 is 19.1 Å². The standard InChI is InChI=1S/C27H29N3O3/c1-31-24-17-26(33-3)25(32-2)16-19(24)18-28-30-14-12-29(13-15-30)27-22-10-6-4-8-20(22)21-9-5-7-11-23(21)27/h4-11,16-18,27H,12-15H2,1-3H3/p+1/b28-18+. The van der Waals surface area contributed by atoms with E-state index >= 15 is 0 Å². The molecule has 1 heterocycles. The van der Waals surface area contributed by atoms with Gasteiger partial charge in [0.2, 0.25) is 0 Å². The van der Waals surface area contributed by atoms with Crippen molar-refractivity contribution in [2.45, 2.75) is 6.04 Å². The molecule has 1 saturated heterocycles. The number of fused-ring (bicyclic) bond motifs is 3. The molecule has 0 spiro atoms. The molecule has 1 aliphatic heterocycles. The number of piperazine rings is 1. The maximum atomic E-state index is 5.53. The van der Waals surface area contributed by atoms with E-state index < -0.39 is 0 Å². The summed E-state index contributed by atoms with van der Waals surface area (Å²) < 4.78 is 16.3. The van der Waals surface area contributed by atoms with Crippen molar-refractivity contribution >= 4 is 6.21 Å². The minimum atomic E-state index is 0.398. The third-order valence-electron chi connectivity index (χ3n) is 6.72. The zero-order chi connectivity index (χ0) is 22.8. The quantitative estimate of drug-likeness (QED) is 0.594. The van der Waals surface area contributed by atoms with Crippen LogP contribution >= 0.6 is 0 Å². The van der Waals surface area contributed by atoms with Gasteiger partial charge in [-0.2, -0.15) is 5.10 Å². The second-order valence-corrected chi connectivity index (χ2v) is 8.41. The Bertz CT molecular complexity index is 1120. The summed E-state index contributed by atoms with van der Waals surface area (Å²) in [6, 6.07) is 21.8. The van der Waals surface area contributed by atoms with Crippen LogP contribution in [0.1, 0.15) is 22.7 Å². The lowest BCUT2D eigenvalue weighted by Crippen LogP contribution is -3.14. The van der Waals surface area contributed by atoms with Crippen LogP contribution in [0.2, 0.25) is 0 Å². The first-order valence-corrected chi connectivity index (χ1v) is 11.3. The number of ether oxygens (including phenoxy) is 3. The Hall–Kier alpha value is -3.51. The Kier molecular flexibility index (Phi) is 5.92. The minimum absolute atomic E-state index is 0.398. The summed E-state index contributed by atoms with van der Waals surface area (Å²) in [6.07, 6.45) is 1.85. The molecule has 1 N–H and O–H groups in total. The predicted molar refractivity (Wildman–Crippen MR) is 130 cm³/mol. The highest BCUT2D eigenvalue weighted by Gasteiger charge is 2.37. The van der Waals surface area contributed by atoms with Crippen molar-refractivity contribution in [2.24, 2.45) is 5.10 Å². The van der Waals surface area contributed by atoms with Crippen molar-refractivity contribution in [3.63, 3.8) is 0 Å². The maximum Gasteiger partial charge on any atom is 0.164 e. The topological polar surface area (TPSA) is 47.7 Å². The molecule has 1 fully saturated rings. The summed E-state index contributed by atoms with van der Waals surface area (Å²) in [5.74, 6) is 2.01. The van der Waals surface area contributed by atoms with Gasteiger partial charge in [0.05, 0.1) is 53.7 Å². The molecule has 3 aromatic carbocycles. The number of hydrogen-bond acceptors (Lipinski definition) is 5. The lowest BCUT2D eigenvalue weighted by atomic mass is 10.0. The number of quaternary nitrogens is 1. The Morgan fingerprint density at radius 2 is 1.33 bits per heavy atom. The highest BCUT2D eigenvalue weighted by molar-refractivity contribution is 5.85. The molecule has 1 aliphatic carbocycles. The van der Waals surface area contributed by atoms with Crippen molar-refractivity contribution < 1.29 is 19.1 Å². The fourth-order valence-electron chi connectivity index (χ4n) is 5.08. The monoisotopic (exact) mass is 444 g/mol. The van der Waals surface area contributed by atoms with Crippen LogP contribution in [0.5, 0.6) is 17.2 Å². The van der Waals surface area contributed by atoms with Gasteiger partial charge in [0.15, 0.2) is 11.5 Å². The highest BCUT2D eigenvalue weighted by atomic mass is 16.5. The van der Waals surface area contributed by atoms with E-state index in [2.05, 4.69) is 53.5 Å². The number of methoxy groups -OCH3 is 3. The molecule has 0 saturated carbocycles. The average molecular weight is 445 g/mol. The molecule has 0 unspecified atom stereocenters. The van der Waals surface area contributed by atoms with Gasteiger partial charge in [-0.3, -0.25) is 5.01 Å². The molecular formula is C27H30N3O3+. The van der Waals surface area contributed by atoms with Crippen molar-refractivity contribution in [1.82, 2.24) is 5.01 Å². The largest absolute Gasteiger partial charge is 0.496 e. The van der Waals surface area contributed by atoms with Gasteiger partial charge >= 0.3 is 0 Å². The van der Waals surface area contributed by atoms with Crippen LogP contribution in [0.4, 0.5) is 0 Å². The van der Waals surface area contributed by atoms with Crippen molar-refractivity contribution in [3.05, 3.63) is 77.4 Å². The van der Waals surface area contributed by atoms with Crippen LogP contribution in [-0.2, 0) is 0 Å². The number of nitrogens with zero attached hydrogens (tertiary/aromatic N) is 2. The molecule has 0 atom stereocenters. The molecule has 0 aromatic heterocycles. The van der Waals surface area contributed by atoms with Gasteiger partial charge in [-0.25, -0.2) is 0 Å². The first-order valence-electron chi connectivity index (χ1n) is 11.3. The lowest BCUT2D eigenvalue weighted by molar-refractivity contribution is -0.929. The van der Waals surface area contributed by atoms with E-state index in [0.717, 1.165) is 31.7 Å². The van der Waals surface area contributed by atoms with Gasteiger partial charge in [0.1, 0.15) is 11.8 Å². The summed E-state index contributed by atoms with van der Waals surface area (Å²) in [5, 5.41) is 6.91. The van der Waals surface area contributed by atoms with Gasteiger partial charge in [0, 0.05) is 22.8 Å². The van der Waals surface area contributed by atoms with Gasteiger partial charge < -0.3 is 19.1 Å². The Morgan fingerprint density at radius 3 is 1.91 bits per heavy atom. The summed E-state index contributed by atoms with van der Waals surface area (Å²) >= 11 is 0. The number of hydrazone groups is 1. The molecular weight excluding hydrogens is 414 g/mol. The van der Waals surface area contributed by atoms with Crippen LogP contribution in [0.25, 0.3) is 11.1 Å². The molecule has 33 heavy (non-hydrogen) atoms. The normalized spacial score (nSPS) is 16.0. The Balaban J connectivity index is 1.31. The summed E-state index contributed by atoms with van der Waals surface area (Å²) in [6.45, 7) is 3.88. The summed E-state index contributed by atoms with van der Waals surface area (Å²) in [4.78, 5) is 1.60. The second-order valence-electron chi connectivity index (χ2n) is 8.41. The minimum Gasteiger partial charge on any atom is -0.496 e. The molecule has 0 amide bonds. The van der Waals surface area contributed by atoms with Gasteiger partial charge in [0.25, 0.3) is 0 Å². The van der Waals surface area contributed by atoms with E-state index in [-0.39, 0.29) is 0 Å². The van der Waals surface area contributed by atoms with E-state index in [9.17, 15) is 0 Å².